The minimum atomic E-state index is -0.403. The molecule has 0 spiro atoms. The van der Waals surface area contributed by atoms with Gasteiger partial charge >= 0.3 is 0 Å². The Bertz CT molecular complexity index is 148. The highest BCUT2D eigenvalue weighted by molar-refractivity contribution is 5.75. The van der Waals surface area contributed by atoms with Crippen molar-refractivity contribution >= 4 is 5.91 Å². The maximum absolute atomic E-state index is 11.3. The molecule has 0 aliphatic rings. The molecule has 0 saturated heterocycles. The molecule has 0 fully saturated rings. The van der Waals surface area contributed by atoms with Crippen molar-refractivity contribution < 1.29 is 14.6 Å². The molecule has 13 heavy (non-hydrogen) atoms. The Morgan fingerprint density at radius 2 is 2.23 bits per heavy atom. The summed E-state index contributed by atoms with van der Waals surface area (Å²) in [4.78, 5) is 12.9. The Kier molecular flexibility index (Phi) is 6.54. The zero-order chi connectivity index (χ0) is 10.3. The Hall–Kier alpha value is -0.610. The lowest BCUT2D eigenvalue weighted by molar-refractivity contribution is -0.131. The van der Waals surface area contributed by atoms with Crippen LogP contribution in [0.4, 0.5) is 0 Å². The molecule has 1 amide bonds. The number of methoxy groups -OCH3 is 1. The SMILES string of the molecule is COCCN(C)C(=O)CCC(C)O. The molecule has 1 N–H and O–H groups in total. The molecule has 0 aliphatic heterocycles. The molecule has 0 radical (unpaired) electrons. The van der Waals surface area contributed by atoms with Crippen LogP contribution in [0.3, 0.4) is 0 Å². The number of hydrogen-bond acceptors (Lipinski definition) is 3. The first-order chi connectivity index (χ1) is 6.07. The van der Waals surface area contributed by atoms with Crippen molar-refractivity contribution in [3.8, 4) is 0 Å². The predicted octanol–water partition coefficient (Wildman–Crippen LogP) is 0.252. The topological polar surface area (TPSA) is 49.8 Å². The first-order valence-corrected chi connectivity index (χ1v) is 4.49. The number of nitrogens with zero attached hydrogens (tertiary/aromatic N) is 1. The fourth-order valence-corrected chi connectivity index (χ4v) is 0.876. The molecule has 0 saturated carbocycles. The second-order valence-corrected chi connectivity index (χ2v) is 3.20. The standard InChI is InChI=1S/C9H19NO3/c1-8(11)4-5-9(12)10(2)6-7-13-3/h8,11H,4-7H2,1-3H3. The van der Waals surface area contributed by atoms with E-state index in [0.29, 0.717) is 26.0 Å². The molecular formula is C9H19NO3. The van der Waals surface area contributed by atoms with Crippen LogP contribution in [0.15, 0.2) is 0 Å². The van der Waals surface area contributed by atoms with Gasteiger partial charge in [-0.15, -0.1) is 0 Å². The van der Waals surface area contributed by atoms with Crippen LogP contribution in [0, 0.1) is 0 Å². The summed E-state index contributed by atoms with van der Waals surface area (Å²) in [6.07, 6.45) is 0.522. The van der Waals surface area contributed by atoms with Crippen LogP contribution >= 0.6 is 0 Å². The van der Waals surface area contributed by atoms with E-state index < -0.39 is 6.10 Å². The summed E-state index contributed by atoms with van der Waals surface area (Å²) in [6, 6.07) is 0. The van der Waals surface area contributed by atoms with Gasteiger partial charge in [-0.2, -0.15) is 0 Å². The quantitative estimate of drug-likeness (QED) is 0.651. The Morgan fingerprint density at radius 1 is 1.62 bits per heavy atom. The number of aliphatic hydroxyl groups is 1. The molecule has 4 heteroatoms. The van der Waals surface area contributed by atoms with Crippen LogP contribution in [0.25, 0.3) is 0 Å². The lowest BCUT2D eigenvalue weighted by Gasteiger charge is -2.16. The Morgan fingerprint density at radius 3 is 2.69 bits per heavy atom. The number of likely N-dealkylation sites (N-methyl/N-ethyl adjacent to an activating group) is 1. The van der Waals surface area contributed by atoms with Crippen LogP contribution in [0.5, 0.6) is 0 Å². The Labute approximate surface area is 79.5 Å². The highest BCUT2D eigenvalue weighted by Crippen LogP contribution is 1.99. The van der Waals surface area contributed by atoms with Gasteiger partial charge in [-0.1, -0.05) is 0 Å². The number of aliphatic hydroxyl groups excluding tert-OH is 1. The summed E-state index contributed by atoms with van der Waals surface area (Å²) in [7, 11) is 3.34. The monoisotopic (exact) mass is 189 g/mol. The summed E-state index contributed by atoms with van der Waals surface area (Å²) in [5, 5.41) is 8.96. The number of hydrogen-bond donors (Lipinski definition) is 1. The smallest absolute Gasteiger partial charge is 0.222 e. The van der Waals surface area contributed by atoms with E-state index in [1.807, 2.05) is 0 Å². The molecule has 0 aromatic rings. The molecule has 4 nitrogen and oxygen atoms in total. The normalized spacial score (nSPS) is 12.6. The molecule has 0 rings (SSSR count). The van der Waals surface area contributed by atoms with Gasteiger partial charge < -0.3 is 14.7 Å². The molecule has 0 aliphatic carbocycles. The maximum atomic E-state index is 11.3. The number of carbonyl (C=O) groups excluding carboxylic acids is 1. The molecule has 0 bridgehead atoms. The van der Waals surface area contributed by atoms with Gasteiger partial charge in [-0.25, -0.2) is 0 Å². The number of carbonyl (C=O) groups is 1. The van der Waals surface area contributed by atoms with Crippen molar-refractivity contribution in [2.45, 2.75) is 25.9 Å². The highest BCUT2D eigenvalue weighted by Gasteiger charge is 2.08. The predicted molar refractivity (Wildman–Crippen MR) is 50.4 cm³/mol. The summed E-state index contributed by atoms with van der Waals surface area (Å²) in [5.41, 5.74) is 0. The molecule has 1 atom stereocenters. The van der Waals surface area contributed by atoms with Crippen molar-refractivity contribution in [1.29, 1.82) is 0 Å². The Balaban J connectivity index is 3.57. The van der Waals surface area contributed by atoms with Crippen molar-refractivity contribution in [2.24, 2.45) is 0 Å². The first kappa shape index (κ1) is 12.4. The fraction of sp³-hybridized carbons (Fsp3) is 0.889. The largest absolute Gasteiger partial charge is 0.393 e. The second-order valence-electron chi connectivity index (χ2n) is 3.20. The van der Waals surface area contributed by atoms with E-state index in [0.717, 1.165) is 0 Å². The van der Waals surface area contributed by atoms with Gasteiger partial charge in [0.15, 0.2) is 0 Å². The van der Waals surface area contributed by atoms with E-state index in [-0.39, 0.29) is 5.91 Å². The molecule has 78 valence electrons. The van der Waals surface area contributed by atoms with Crippen LogP contribution in [0.2, 0.25) is 0 Å². The minimum absolute atomic E-state index is 0.0537. The van der Waals surface area contributed by atoms with Gasteiger partial charge in [0, 0.05) is 27.1 Å². The molecule has 0 aromatic heterocycles. The van der Waals surface area contributed by atoms with E-state index in [1.54, 1.807) is 26.0 Å². The minimum Gasteiger partial charge on any atom is -0.393 e. The van der Waals surface area contributed by atoms with E-state index >= 15 is 0 Å². The van der Waals surface area contributed by atoms with Crippen molar-refractivity contribution in [3.63, 3.8) is 0 Å². The molecule has 1 unspecified atom stereocenters. The second kappa shape index (κ2) is 6.86. The average molecular weight is 189 g/mol. The zero-order valence-electron chi connectivity index (χ0n) is 8.62. The lowest BCUT2D eigenvalue weighted by atomic mass is 10.2. The van der Waals surface area contributed by atoms with Gasteiger partial charge in [0.2, 0.25) is 5.91 Å². The van der Waals surface area contributed by atoms with Crippen LogP contribution in [-0.4, -0.2) is 49.3 Å². The van der Waals surface area contributed by atoms with E-state index in [1.165, 1.54) is 0 Å². The number of ether oxygens (including phenoxy) is 1. The third-order valence-electron chi connectivity index (χ3n) is 1.83. The summed E-state index contributed by atoms with van der Waals surface area (Å²) < 4.78 is 4.84. The summed E-state index contributed by atoms with van der Waals surface area (Å²) in [5.74, 6) is 0.0537. The van der Waals surface area contributed by atoms with Gasteiger partial charge in [-0.3, -0.25) is 4.79 Å². The van der Waals surface area contributed by atoms with Gasteiger partial charge in [0.1, 0.15) is 0 Å². The number of amides is 1. The summed E-state index contributed by atoms with van der Waals surface area (Å²) in [6.45, 7) is 2.84. The zero-order valence-corrected chi connectivity index (χ0v) is 8.62. The molecular weight excluding hydrogens is 170 g/mol. The molecule has 0 aromatic carbocycles. The third kappa shape index (κ3) is 6.54. The van der Waals surface area contributed by atoms with Gasteiger partial charge in [0.05, 0.1) is 12.7 Å². The van der Waals surface area contributed by atoms with Crippen molar-refractivity contribution in [1.82, 2.24) is 4.90 Å². The van der Waals surface area contributed by atoms with E-state index in [9.17, 15) is 4.79 Å². The van der Waals surface area contributed by atoms with Crippen LogP contribution < -0.4 is 0 Å². The van der Waals surface area contributed by atoms with Gasteiger partial charge in [-0.05, 0) is 13.3 Å². The highest BCUT2D eigenvalue weighted by atomic mass is 16.5. The lowest BCUT2D eigenvalue weighted by Crippen LogP contribution is -2.30. The third-order valence-corrected chi connectivity index (χ3v) is 1.83. The van der Waals surface area contributed by atoms with Gasteiger partial charge in [0.25, 0.3) is 0 Å². The van der Waals surface area contributed by atoms with Crippen LogP contribution in [0.1, 0.15) is 19.8 Å². The average Bonchev–Trinajstić information content (AvgIpc) is 2.10. The van der Waals surface area contributed by atoms with Crippen LogP contribution in [-0.2, 0) is 9.53 Å². The van der Waals surface area contributed by atoms with Crippen molar-refractivity contribution in [3.05, 3.63) is 0 Å². The fourth-order valence-electron chi connectivity index (χ4n) is 0.876. The van der Waals surface area contributed by atoms with Crippen molar-refractivity contribution in [2.75, 3.05) is 27.3 Å². The molecule has 0 heterocycles. The number of rotatable bonds is 6. The summed E-state index contributed by atoms with van der Waals surface area (Å²) >= 11 is 0. The van der Waals surface area contributed by atoms with E-state index in [4.69, 9.17) is 9.84 Å². The maximum Gasteiger partial charge on any atom is 0.222 e. The first-order valence-electron chi connectivity index (χ1n) is 4.49. The van der Waals surface area contributed by atoms with E-state index in [2.05, 4.69) is 0 Å².